The molecule has 27 heavy (non-hydrogen) atoms. The van der Waals surface area contributed by atoms with E-state index >= 15 is 0 Å². The summed E-state index contributed by atoms with van der Waals surface area (Å²) < 4.78 is 0. The molecule has 5 heteroatoms. The van der Waals surface area contributed by atoms with Crippen LogP contribution in [0.1, 0.15) is 18.4 Å². The van der Waals surface area contributed by atoms with Gasteiger partial charge in [0.2, 0.25) is 0 Å². The fourth-order valence-corrected chi connectivity index (χ4v) is 4.08. The van der Waals surface area contributed by atoms with Crippen LogP contribution in [0.5, 0.6) is 0 Å². The highest BCUT2D eigenvalue weighted by atomic mass is 32.1. The Morgan fingerprint density at radius 1 is 1.04 bits per heavy atom. The van der Waals surface area contributed by atoms with Gasteiger partial charge in [-0.1, -0.05) is 36.4 Å². The topological polar surface area (TPSA) is 43.1 Å². The number of likely N-dealkylation sites (tertiary alicyclic amines) is 1. The van der Waals surface area contributed by atoms with E-state index < -0.39 is 0 Å². The van der Waals surface area contributed by atoms with Gasteiger partial charge in [0.05, 0.1) is 0 Å². The molecular weight excluding hydrogens is 352 g/mol. The summed E-state index contributed by atoms with van der Waals surface area (Å²) in [5, 5.41) is 8.81. The molecule has 0 saturated carbocycles. The third-order valence-electron chi connectivity index (χ3n) is 5.33. The van der Waals surface area contributed by atoms with E-state index in [0.717, 1.165) is 49.7 Å². The van der Waals surface area contributed by atoms with Crippen LogP contribution in [0.3, 0.4) is 0 Å². The Bertz CT molecular complexity index is 881. The van der Waals surface area contributed by atoms with Crippen molar-refractivity contribution in [2.24, 2.45) is 0 Å². The number of hydrogen-bond acceptors (Lipinski definition) is 2. The number of hydrogen-bond donors (Lipinski definition) is 3. The summed E-state index contributed by atoms with van der Waals surface area (Å²) in [7, 11) is 0. The molecule has 0 aliphatic carbocycles. The van der Waals surface area contributed by atoms with Gasteiger partial charge in [0, 0.05) is 48.5 Å². The first-order valence-corrected chi connectivity index (χ1v) is 10.1. The largest absolute Gasteiger partial charge is 0.361 e. The molecule has 2 aromatic carbocycles. The molecule has 1 aromatic heterocycles. The van der Waals surface area contributed by atoms with Crippen molar-refractivity contribution in [3.05, 3.63) is 66.4 Å². The van der Waals surface area contributed by atoms with Crippen molar-refractivity contribution in [1.29, 1.82) is 0 Å². The lowest BCUT2D eigenvalue weighted by Crippen LogP contribution is -2.46. The maximum atomic E-state index is 5.46. The molecule has 140 valence electrons. The zero-order chi connectivity index (χ0) is 18.5. The SMILES string of the molecule is S=C(Nc1ccccc1)NC1CCN(CCc2c[nH]c3ccccc23)CC1. The van der Waals surface area contributed by atoms with E-state index in [1.54, 1.807) is 0 Å². The third kappa shape index (κ3) is 4.67. The minimum absolute atomic E-state index is 0.457. The summed E-state index contributed by atoms with van der Waals surface area (Å²) >= 11 is 5.46. The average molecular weight is 379 g/mol. The predicted octanol–water partition coefficient (Wildman–Crippen LogP) is 4.16. The number of nitrogens with one attached hydrogen (secondary N) is 3. The molecule has 3 aromatic rings. The van der Waals surface area contributed by atoms with Crippen molar-refractivity contribution >= 4 is 33.9 Å². The molecule has 1 aliphatic heterocycles. The molecule has 0 atom stereocenters. The molecule has 0 unspecified atom stereocenters. The molecule has 1 aliphatic rings. The molecule has 2 heterocycles. The number of H-pyrrole nitrogens is 1. The second kappa shape index (κ2) is 8.55. The lowest BCUT2D eigenvalue weighted by molar-refractivity contribution is 0.209. The van der Waals surface area contributed by atoms with E-state index in [4.69, 9.17) is 12.2 Å². The number of fused-ring (bicyclic) bond motifs is 1. The minimum Gasteiger partial charge on any atom is -0.361 e. The predicted molar refractivity (Wildman–Crippen MR) is 117 cm³/mol. The summed E-state index contributed by atoms with van der Waals surface area (Å²) in [5.74, 6) is 0. The number of aromatic amines is 1. The molecule has 4 nitrogen and oxygen atoms in total. The summed E-state index contributed by atoms with van der Waals surface area (Å²) in [5.41, 5.74) is 3.68. The second-order valence-corrected chi connectivity index (χ2v) is 7.60. The van der Waals surface area contributed by atoms with Crippen molar-refractivity contribution in [3.63, 3.8) is 0 Å². The number of thiocarbonyl (C=S) groups is 1. The lowest BCUT2D eigenvalue weighted by atomic mass is 10.0. The smallest absolute Gasteiger partial charge is 0.170 e. The van der Waals surface area contributed by atoms with Crippen LogP contribution < -0.4 is 10.6 Å². The summed E-state index contributed by atoms with van der Waals surface area (Å²) in [6, 6.07) is 19.1. The molecule has 1 saturated heterocycles. The Morgan fingerprint density at radius 2 is 1.78 bits per heavy atom. The first-order valence-electron chi connectivity index (χ1n) is 9.68. The van der Waals surface area contributed by atoms with Gasteiger partial charge in [0.15, 0.2) is 5.11 Å². The van der Waals surface area contributed by atoms with Gasteiger partial charge in [-0.05, 0) is 55.2 Å². The Labute approximate surface area is 166 Å². The van der Waals surface area contributed by atoms with E-state index in [2.05, 4.69) is 51.0 Å². The number of benzene rings is 2. The highest BCUT2D eigenvalue weighted by Gasteiger charge is 2.19. The van der Waals surface area contributed by atoms with Crippen LogP contribution in [0, 0.1) is 0 Å². The Kier molecular flexibility index (Phi) is 5.70. The van der Waals surface area contributed by atoms with Crippen LogP contribution in [-0.4, -0.2) is 40.7 Å². The van der Waals surface area contributed by atoms with Crippen molar-refractivity contribution in [2.75, 3.05) is 25.0 Å². The summed E-state index contributed by atoms with van der Waals surface area (Å²) in [4.78, 5) is 5.94. The highest BCUT2D eigenvalue weighted by Crippen LogP contribution is 2.19. The third-order valence-corrected chi connectivity index (χ3v) is 5.55. The van der Waals surface area contributed by atoms with Crippen molar-refractivity contribution in [1.82, 2.24) is 15.2 Å². The Morgan fingerprint density at radius 3 is 2.59 bits per heavy atom. The number of aromatic nitrogens is 1. The quantitative estimate of drug-likeness (QED) is 0.583. The van der Waals surface area contributed by atoms with E-state index in [1.807, 2.05) is 30.3 Å². The first-order chi connectivity index (χ1) is 13.3. The van der Waals surface area contributed by atoms with Crippen LogP contribution in [0.15, 0.2) is 60.8 Å². The number of para-hydroxylation sites is 2. The van der Waals surface area contributed by atoms with Crippen molar-refractivity contribution < 1.29 is 0 Å². The van der Waals surface area contributed by atoms with Gasteiger partial charge in [-0.3, -0.25) is 0 Å². The number of piperidine rings is 1. The highest BCUT2D eigenvalue weighted by molar-refractivity contribution is 7.80. The number of nitrogens with zero attached hydrogens (tertiary/aromatic N) is 1. The number of rotatable bonds is 5. The van der Waals surface area contributed by atoms with Crippen molar-refractivity contribution in [2.45, 2.75) is 25.3 Å². The molecule has 0 bridgehead atoms. The summed E-state index contributed by atoms with van der Waals surface area (Å²) in [6.45, 7) is 3.35. The zero-order valence-corrected chi connectivity index (χ0v) is 16.3. The van der Waals surface area contributed by atoms with Gasteiger partial charge in [0.1, 0.15) is 0 Å². The van der Waals surface area contributed by atoms with Crippen molar-refractivity contribution in [3.8, 4) is 0 Å². The molecular formula is C22H26N4S. The standard InChI is InChI=1S/C22H26N4S/c27-22(24-18-6-2-1-3-7-18)25-19-11-14-26(15-12-19)13-10-17-16-23-21-9-5-4-8-20(17)21/h1-9,16,19,23H,10-15H2,(H2,24,25,27). The van der Waals surface area contributed by atoms with Gasteiger partial charge < -0.3 is 20.5 Å². The summed E-state index contributed by atoms with van der Waals surface area (Å²) in [6.07, 6.45) is 5.51. The van der Waals surface area contributed by atoms with E-state index in [1.165, 1.54) is 16.5 Å². The van der Waals surface area contributed by atoms with Gasteiger partial charge in [-0.15, -0.1) is 0 Å². The Balaban J connectivity index is 1.21. The fourth-order valence-electron chi connectivity index (χ4n) is 3.79. The zero-order valence-electron chi connectivity index (χ0n) is 15.4. The Hall–Kier alpha value is -2.37. The molecule has 3 N–H and O–H groups in total. The molecule has 1 fully saturated rings. The molecule has 0 radical (unpaired) electrons. The van der Waals surface area contributed by atoms with Gasteiger partial charge in [-0.2, -0.15) is 0 Å². The van der Waals surface area contributed by atoms with Crippen LogP contribution in [-0.2, 0) is 6.42 Å². The minimum atomic E-state index is 0.457. The van der Waals surface area contributed by atoms with Crippen LogP contribution >= 0.6 is 12.2 Å². The van der Waals surface area contributed by atoms with Crippen LogP contribution in [0.25, 0.3) is 10.9 Å². The fraction of sp³-hybridized carbons (Fsp3) is 0.318. The van der Waals surface area contributed by atoms with Gasteiger partial charge >= 0.3 is 0 Å². The first kappa shape index (κ1) is 18.0. The van der Waals surface area contributed by atoms with Crippen LogP contribution in [0.2, 0.25) is 0 Å². The van der Waals surface area contributed by atoms with Gasteiger partial charge in [-0.25, -0.2) is 0 Å². The number of anilines is 1. The lowest BCUT2D eigenvalue weighted by Gasteiger charge is -2.33. The normalized spacial score (nSPS) is 15.7. The molecule has 4 rings (SSSR count). The van der Waals surface area contributed by atoms with Gasteiger partial charge in [0.25, 0.3) is 0 Å². The van der Waals surface area contributed by atoms with E-state index in [-0.39, 0.29) is 0 Å². The van der Waals surface area contributed by atoms with E-state index in [0.29, 0.717) is 6.04 Å². The van der Waals surface area contributed by atoms with E-state index in [9.17, 15) is 0 Å². The van der Waals surface area contributed by atoms with Crippen LogP contribution in [0.4, 0.5) is 5.69 Å². The second-order valence-electron chi connectivity index (χ2n) is 7.19. The molecule has 0 amide bonds. The maximum Gasteiger partial charge on any atom is 0.170 e. The molecule has 0 spiro atoms. The monoisotopic (exact) mass is 378 g/mol. The maximum absolute atomic E-state index is 5.46. The average Bonchev–Trinajstić information content (AvgIpc) is 3.11.